The van der Waals surface area contributed by atoms with Crippen molar-refractivity contribution in [1.29, 1.82) is 0 Å². The van der Waals surface area contributed by atoms with E-state index in [0.717, 1.165) is 0 Å². The summed E-state index contributed by atoms with van der Waals surface area (Å²) in [7, 11) is 1.49. The summed E-state index contributed by atoms with van der Waals surface area (Å²) in [5.41, 5.74) is -1.73. The first-order chi connectivity index (χ1) is 12.3. The number of amides is 1. The molecule has 0 saturated carbocycles. The summed E-state index contributed by atoms with van der Waals surface area (Å²) >= 11 is 0. The summed E-state index contributed by atoms with van der Waals surface area (Å²) in [4.78, 5) is 25.0. The van der Waals surface area contributed by atoms with Gasteiger partial charge in [-0.2, -0.15) is 0 Å². The number of carboxylic acids is 1. The molecule has 1 atom stereocenters. The molecule has 144 valence electrons. The number of hydrogen-bond acceptors (Lipinski definition) is 5. The molecule has 2 rings (SSSR count). The number of likely N-dealkylation sites (N-methyl/N-ethyl adjacent to an activating group) is 1. The Morgan fingerprint density at radius 2 is 2.08 bits per heavy atom. The molecule has 1 heterocycles. The highest BCUT2D eigenvalue weighted by atomic mass is 19.2. The van der Waals surface area contributed by atoms with Crippen molar-refractivity contribution in [3.8, 4) is 0 Å². The van der Waals surface area contributed by atoms with Gasteiger partial charge in [-0.25, -0.2) is 22.8 Å². The molecule has 1 aliphatic heterocycles. The van der Waals surface area contributed by atoms with Gasteiger partial charge in [-0.15, -0.1) is 0 Å². The second kappa shape index (κ2) is 8.26. The third kappa shape index (κ3) is 4.18. The number of nitrogens with zero attached hydrogens (tertiary/aromatic N) is 2. The lowest BCUT2D eigenvalue weighted by Gasteiger charge is -2.36. The Morgan fingerprint density at radius 3 is 2.69 bits per heavy atom. The van der Waals surface area contributed by atoms with Crippen LogP contribution in [0.5, 0.6) is 0 Å². The molecule has 1 aromatic rings. The Bertz CT molecular complexity index is 701. The highest BCUT2D eigenvalue weighted by Gasteiger charge is 2.30. The van der Waals surface area contributed by atoms with Gasteiger partial charge in [-0.05, 0) is 13.0 Å². The molecular formula is C16H19F3N2O5. The van der Waals surface area contributed by atoms with Gasteiger partial charge in [0.2, 0.25) is 0 Å². The van der Waals surface area contributed by atoms with Crippen molar-refractivity contribution >= 4 is 17.7 Å². The van der Waals surface area contributed by atoms with E-state index in [-0.39, 0.29) is 32.8 Å². The minimum absolute atomic E-state index is 0.0105. The van der Waals surface area contributed by atoms with E-state index < -0.39 is 46.9 Å². The zero-order valence-corrected chi connectivity index (χ0v) is 14.3. The summed E-state index contributed by atoms with van der Waals surface area (Å²) in [5.74, 6) is -6.13. The minimum Gasteiger partial charge on any atom is -0.478 e. The van der Waals surface area contributed by atoms with Gasteiger partial charge in [0.1, 0.15) is 11.3 Å². The van der Waals surface area contributed by atoms with E-state index in [4.69, 9.17) is 14.6 Å². The molecule has 0 aliphatic carbocycles. The number of halogens is 3. The quantitative estimate of drug-likeness (QED) is 0.793. The molecular weight excluding hydrogens is 357 g/mol. The summed E-state index contributed by atoms with van der Waals surface area (Å²) in [5, 5.41) is 8.80. The fourth-order valence-electron chi connectivity index (χ4n) is 2.68. The number of anilines is 1. The average Bonchev–Trinajstić information content (AvgIpc) is 2.58. The Labute approximate surface area is 147 Å². The van der Waals surface area contributed by atoms with Gasteiger partial charge in [-0.1, -0.05) is 0 Å². The third-order valence-corrected chi connectivity index (χ3v) is 3.88. The first-order valence-corrected chi connectivity index (χ1v) is 7.91. The molecule has 0 bridgehead atoms. The van der Waals surface area contributed by atoms with Crippen LogP contribution in [0.2, 0.25) is 0 Å². The first kappa shape index (κ1) is 19.8. The average molecular weight is 376 g/mol. The van der Waals surface area contributed by atoms with E-state index in [1.54, 1.807) is 6.92 Å². The van der Waals surface area contributed by atoms with Gasteiger partial charge in [0, 0.05) is 20.1 Å². The molecule has 1 amide bonds. The SMILES string of the molecule is CCOC(=O)N(C)CC1CN(c2c(F)cc(C(=O)O)c(F)c2F)CCO1. The van der Waals surface area contributed by atoms with Gasteiger partial charge in [0.05, 0.1) is 25.9 Å². The number of carbonyl (C=O) groups is 2. The summed E-state index contributed by atoms with van der Waals surface area (Å²) in [6.45, 7) is 2.14. The number of morpholine rings is 1. The maximum Gasteiger partial charge on any atom is 0.409 e. The number of aromatic carboxylic acids is 1. The molecule has 10 heteroatoms. The van der Waals surface area contributed by atoms with Crippen molar-refractivity contribution in [2.75, 3.05) is 44.8 Å². The molecule has 1 N–H and O–H groups in total. The van der Waals surface area contributed by atoms with E-state index in [2.05, 4.69) is 0 Å². The van der Waals surface area contributed by atoms with Crippen LogP contribution in [0.4, 0.5) is 23.7 Å². The first-order valence-electron chi connectivity index (χ1n) is 7.91. The van der Waals surface area contributed by atoms with Crippen LogP contribution < -0.4 is 4.90 Å². The molecule has 0 radical (unpaired) electrons. The highest BCUT2D eigenvalue weighted by Crippen LogP contribution is 2.29. The lowest BCUT2D eigenvalue weighted by molar-refractivity contribution is 0.0178. The van der Waals surface area contributed by atoms with E-state index >= 15 is 0 Å². The molecule has 0 spiro atoms. The van der Waals surface area contributed by atoms with Gasteiger partial charge in [-0.3, -0.25) is 0 Å². The third-order valence-electron chi connectivity index (χ3n) is 3.88. The number of benzene rings is 1. The van der Waals surface area contributed by atoms with Gasteiger partial charge >= 0.3 is 12.1 Å². The van der Waals surface area contributed by atoms with Crippen LogP contribution in [0.25, 0.3) is 0 Å². The fourth-order valence-corrected chi connectivity index (χ4v) is 2.68. The number of carboxylic acid groups (broad SMARTS) is 1. The molecule has 1 unspecified atom stereocenters. The summed E-state index contributed by atoms with van der Waals surface area (Å²) in [6.07, 6.45) is -1.15. The molecule has 1 fully saturated rings. The topological polar surface area (TPSA) is 79.3 Å². The number of carbonyl (C=O) groups excluding carboxylic acids is 1. The van der Waals surface area contributed by atoms with E-state index in [1.165, 1.54) is 16.8 Å². The number of rotatable bonds is 5. The summed E-state index contributed by atoms with van der Waals surface area (Å²) in [6, 6.07) is 0.450. The van der Waals surface area contributed by atoms with Gasteiger partial charge in [0.15, 0.2) is 17.5 Å². The maximum absolute atomic E-state index is 14.2. The zero-order valence-electron chi connectivity index (χ0n) is 14.3. The Morgan fingerprint density at radius 1 is 1.38 bits per heavy atom. The molecule has 1 aromatic carbocycles. The molecule has 1 aliphatic rings. The molecule has 26 heavy (non-hydrogen) atoms. The Balaban J connectivity index is 2.18. The largest absolute Gasteiger partial charge is 0.478 e. The highest BCUT2D eigenvalue weighted by molar-refractivity contribution is 5.88. The maximum atomic E-state index is 14.2. The predicted molar refractivity (Wildman–Crippen MR) is 84.9 cm³/mol. The van der Waals surface area contributed by atoms with Crippen molar-refractivity contribution < 1.29 is 37.3 Å². The van der Waals surface area contributed by atoms with Crippen LogP contribution in [0.15, 0.2) is 6.07 Å². The zero-order chi connectivity index (χ0) is 19.4. The van der Waals surface area contributed by atoms with Crippen molar-refractivity contribution in [2.24, 2.45) is 0 Å². The van der Waals surface area contributed by atoms with Crippen LogP contribution in [0.1, 0.15) is 17.3 Å². The standard InChI is InChI=1S/C16H19F3N2O5/c1-3-25-16(24)20(2)7-9-8-21(4-5-26-9)14-11(17)6-10(15(22)23)12(18)13(14)19/h6,9H,3-5,7-8H2,1-2H3,(H,22,23). The van der Waals surface area contributed by atoms with Crippen molar-refractivity contribution in [2.45, 2.75) is 13.0 Å². The monoisotopic (exact) mass is 376 g/mol. The van der Waals surface area contributed by atoms with E-state index in [1.807, 2.05) is 0 Å². The van der Waals surface area contributed by atoms with Gasteiger partial charge in [0.25, 0.3) is 0 Å². The molecule has 0 aromatic heterocycles. The normalized spacial score (nSPS) is 17.1. The lowest BCUT2D eigenvalue weighted by atomic mass is 10.1. The lowest BCUT2D eigenvalue weighted by Crippen LogP contribution is -2.48. The predicted octanol–water partition coefficient (Wildman–Crippen LogP) is 2.10. The number of hydrogen-bond donors (Lipinski definition) is 1. The fraction of sp³-hybridized carbons (Fsp3) is 0.500. The van der Waals surface area contributed by atoms with Crippen LogP contribution in [0, 0.1) is 17.5 Å². The van der Waals surface area contributed by atoms with Crippen molar-refractivity contribution in [3.05, 3.63) is 29.1 Å². The van der Waals surface area contributed by atoms with E-state index in [0.29, 0.717) is 6.07 Å². The minimum atomic E-state index is -1.76. The van der Waals surface area contributed by atoms with Crippen LogP contribution in [0.3, 0.4) is 0 Å². The van der Waals surface area contributed by atoms with Crippen LogP contribution in [-0.2, 0) is 9.47 Å². The van der Waals surface area contributed by atoms with Gasteiger partial charge < -0.3 is 24.4 Å². The Kier molecular flexibility index (Phi) is 6.30. The smallest absolute Gasteiger partial charge is 0.409 e. The van der Waals surface area contributed by atoms with E-state index in [9.17, 15) is 22.8 Å². The van der Waals surface area contributed by atoms with Crippen LogP contribution in [-0.4, -0.2) is 68.1 Å². The molecule has 1 saturated heterocycles. The number of ether oxygens (including phenoxy) is 2. The molecule has 7 nitrogen and oxygen atoms in total. The Hall–Kier alpha value is -2.49. The van der Waals surface area contributed by atoms with Crippen LogP contribution >= 0.6 is 0 Å². The second-order valence-electron chi connectivity index (χ2n) is 5.71. The van der Waals surface area contributed by atoms with Crippen molar-refractivity contribution in [1.82, 2.24) is 4.90 Å². The summed E-state index contributed by atoms with van der Waals surface area (Å²) < 4.78 is 52.7. The second-order valence-corrected chi connectivity index (χ2v) is 5.71. The van der Waals surface area contributed by atoms with Crippen molar-refractivity contribution in [3.63, 3.8) is 0 Å².